The topological polar surface area (TPSA) is 59.6 Å². The lowest BCUT2D eigenvalue weighted by Crippen LogP contribution is -2.21. The van der Waals surface area contributed by atoms with Gasteiger partial charge in [-0.2, -0.15) is 0 Å². The van der Waals surface area contributed by atoms with Crippen molar-refractivity contribution in [2.45, 2.75) is 6.92 Å². The molecule has 0 atom stereocenters. The number of nitrogens with one attached hydrogen (secondary N) is 2. The fourth-order valence-electron chi connectivity index (χ4n) is 2.04. The summed E-state index contributed by atoms with van der Waals surface area (Å²) in [6.45, 7) is 6.77. The Kier molecular flexibility index (Phi) is 6.71. The van der Waals surface area contributed by atoms with Gasteiger partial charge in [0.2, 0.25) is 5.91 Å². The molecule has 0 radical (unpaired) electrons. The molecule has 2 aromatic carbocycles. The normalized spacial score (nSPS) is 9.88. The molecule has 0 spiro atoms. The van der Waals surface area contributed by atoms with E-state index in [0.29, 0.717) is 24.7 Å². The molecule has 0 unspecified atom stereocenters. The highest BCUT2D eigenvalue weighted by Crippen LogP contribution is 2.18. The molecule has 0 aliphatic carbocycles. The first-order chi connectivity index (χ1) is 11.7. The van der Waals surface area contributed by atoms with Gasteiger partial charge in [0, 0.05) is 17.4 Å². The second-order valence-corrected chi connectivity index (χ2v) is 4.99. The minimum absolute atomic E-state index is 0.134. The maximum Gasteiger partial charge on any atom is 0.243 e. The van der Waals surface area contributed by atoms with E-state index in [-0.39, 0.29) is 12.5 Å². The average Bonchev–Trinajstić information content (AvgIpc) is 2.60. The minimum atomic E-state index is -0.134. The Bertz CT molecular complexity index is 669. The van der Waals surface area contributed by atoms with Crippen LogP contribution in [-0.4, -0.2) is 25.7 Å². The molecule has 0 saturated carbocycles. The molecule has 2 rings (SSSR count). The van der Waals surface area contributed by atoms with Gasteiger partial charge in [0.25, 0.3) is 0 Å². The fraction of sp³-hybridized carbons (Fsp3) is 0.211. The van der Waals surface area contributed by atoms with E-state index < -0.39 is 0 Å². The zero-order chi connectivity index (χ0) is 17.2. The van der Waals surface area contributed by atoms with Crippen molar-refractivity contribution >= 4 is 17.3 Å². The van der Waals surface area contributed by atoms with E-state index in [1.165, 1.54) is 0 Å². The van der Waals surface area contributed by atoms with Gasteiger partial charge in [0.15, 0.2) is 0 Å². The molecule has 1 amide bonds. The largest absolute Gasteiger partial charge is 0.494 e. The number of amides is 1. The summed E-state index contributed by atoms with van der Waals surface area (Å²) in [7, 11) is 0. The smallest absolute Gasteiger partial charge is 0.243 e. The van der Waals surface area contributed by atoms with Crippen molar-refractivity contribution in [3.63, 3.8) is 0 Å². The zero-order valence-corrected chi connectivity index (χ0v) is 13.7. The van der Waals surface area contributed by atoms with Crippen LogP contribution >= 0.6 is 0 Å². The molecular formula is C19H22N2O3. The second kappa shape index (κ2) is 9.25. The number of benzene rings is 2. The Morgan fingerprint density at radius 3 is 2.58 bits per heavy atom. The molecule has 24 heavy (non-hydrogen) atoms. The highest BCUT2D eigenvalue weighted by Gasteiger charge is 2.04. The molecule has 0 bridgehead atoms. The van der Waals surface area contributed by atoms with Crippen molar-refractivity contribution in [1.29, 1.82) is 0 Å². The third kappa shape index (κ3) is 5.68. The van der Waals surface area contributed by atoms with Gasteiger partial charge in [0.1, 0.15) is 18.1 Å². The summed E-state index contributed by atoms with van der Waals surface area (Å²) in [5.41, 5.74) is 1.55. The molecule has 0 fully saturated rings. The van der Waals surface area contributed by atoms with Gasteiger partial charge in [-0.25, -0.2) is 0 Å². The molecule has 5 heteroatoms. The van der Waals surface area contributed by atoms with E-state index in [4.69, 9.17) is 9.47 Å². The van der Waals surface area contributed by atoms with Crippen LogP contribution in [0.5, 0.6) is 11.5 Å². The lowest BCUT2D eigenvalue weighted by atomic mass is 10.3. The van der Waals surface area contributed by atoms with E-state index in [2.05, 4.69) is 17.2 Å². The lowest BCUT2D eigenvalue weighted by Gasteiger charge is -2.10. The van der Waals surface area contributed by atoms with Crippen LogP contribution in [0.4, 0.5) is 11.4 Å². The third-order valence-electron chi connectivity index (χ3n) is 3.10. The SMILES string of the molecule is C=CCOc1cccc(NC(=O)CNc2ccc(OCC)cc2)c1. The van der Waals surface area contributed by atoms with E-state index in [1.54, 1.807) is 12.1 Å². The van der Waals surface area contributed by atoms with Gasteiger partial charge >= 0.3 is 0 Å². The van der Waals surface area contributed by atoms with Crippen molar-refractivity contribution in [3.05, 3.63) is 61.2 Å². The molecule has 0 aliphatic heterocycles. The van der Waals surface area contributed by atoms with Gasteiger partial charge < -0.3 is 20.1 Å². The maximum absolute atomic E-state index is 12.0. The number of rotatable bonds is 9. The first kappa shape index (κ1) is 17.4. The van der Waals surface area contributed by atoms with Gasteiger partial charge in [0.05, 0.1) is 13.2 Å². The Balaban J connectivity index is 1.83. The lowest BCUT2D eigenvalue weighted by molar-refractivity contribution is -0.114. The van der Waals surface area contributed by atoms with Gasteiger partial charge in [-0.15, -0.1) is 0 Å². The molecular weight excluding hydrogens is 304 g/mol. The number of hydrogen-bond donors (Lipinski definition) is 2. The quantitative estimate of drug-likeness (QED) is 0.690. The van der Waals surface area contributed by atoms with Crippen LogP contribution in [0, 0.1) is 0 Å². The summed E-state index contributed by atoms with van der Waals surface area (Å²) in [5.74, 6) is 1.36. The average molecular weight is 326 g/mol. The monoisotopic (exact) mass is 326 g/mol. The van der Waals surface area contributed by atoms with Gasteiger partial charge in [-0.05, 0) is 43.3 Å². The summed E-state index contributed by atoms with van der Waals surface area (Å²) < 4.78 is 10.8. The van der Waals surface area contributed by atoms with E-state index in [1.807, 2.05) is 49.4 Å². The van der Waals surface area contributed by atoms with E-state index in [9.17, 15) is 4.79 Å². The number of carbonyl (C=O) groups is 1. The zero-order valence-electron chi connectivity index (χ0n) is 13.7. The van der Waals surface area contributed by atoms with Crippen LogP contribution in [0.25, 0.3) is 0 Å². The summed E-state index contributed by atoms with van der Waals surface area (Å²) in [6, 6.07) is 14.7. The number of carbonyl (C=O) groups excluding carboxylic acids is 1. The Morgan fingerprint density at radius 1 is 1.08 bits per heavy atom. The van der Waals surface area contributed by atoms with Crippen LogP contribution < -0.4 is 20.1 Å². The predicted molar refractivity (Wildman–Crippen MR) is 96.9 cm³/mol. The molecule has 0 aromatic heterocycles. The summed E-state index contributed by atoms with van der Waals surface area (Å²) in [6.07, 6.45) is 1.67. The van der Waals surface area contributed by atoms with Crippen LogP contribution in [0.2, 0.25) is 0 Å². The van der Waals surface area contributed by atoms with E-state index >= 15 is 0 Å². The molecule has 126 valence electrons. The summed E-state index contributed by atoms with van der Waals surface area (Å²) in [4.78, 5) is 12.0. The molecule has 2 N–H and O–H groups in total. The van der Waals surface area contributed by atoms with Gasteiger partial charge in [-0.1, -0.05) is 18.7 Å². The molecule has 0 saturated heterocycles. The molecule has 0 aliphatic rings. The van der Waals surface area contributed by atoms with Crippen molar-refractivity contribution in [3.8, 4) is 11.5 Å². The Hall–Kier alpha value is -2.95. The number of hydrogen-bond acceptors (Lipinski definition) is 4. The second-order valence-electron chi connectivity index (χ2n) is 4.99. The Morgan fingerprint density at radius 2 is 1.88 bits per heavy atom. The molecule has 0 heterocycles. The first-order valence-corrected chi connectivity index (χ1v) is 7.81. The van der Waals surface area contributed by atoms with E-state index in [0.717, 1.165) is 11.4 Å². The van der Waals surface area contributed by atoms with Crippen LogP contribution in [-0.2, 0) is 4.79 Å². The van der Waals surface area contributed by atoms with Crippen molar-refractivity contribution in [2.24, 2.45) is 0 Å². The summed E-state index contributed by atoms with van der Waals surface area (Å²) >= 11 is 0. The van der Waals surface area contributed by atoms with Crippen molar-refractivity contribution < 1.29 is 14.3 Å². The predicted octanol–water partition coefficient (Wildman–Crippen LogP) is 3.70. The fourth-order valence-corrected chi connectivity index (χ4v) is 2.04. The van der Waals surface area contributed by atoms with Crippen LogP contribution in [0.3, 0.4) is 0 Å². The maximum atomic E-state index is 12.0. The first-order valence-electron chi connectivity index (χ1n) is 7.81. The van der Waals surface area contributed by atoms with Crippen LogP contribution in [0.1, 0.15) is 6.92 Å². The summed E-state index contributed by atoms with van der Waals surface area (Å²) in [5, 5.41) is 5.90. The minimum Gasteiger partial charge on any atom is -0.494 e. The number of ether oxygens (including phenoxy) is 2. The van der Waals surface area contributed by atoms with Crippen LogP contribution in [0.15, 0.2) is 61.2 Å². The van der Waals surface area contributed by atoms with Crippen molar-refractivity contribution in [1.82, 2.24) is 0 Å². The molecule has 5 nitrogen and oxygen atoms in total. The number of anilines is 2. The standard InChI is InChI=1S/C19H22N2O3/c1-3-12-24-18-7-5-6-16(13-18)21-19(22)14-20-15-8-10-17(11-9-15)23-4-2/h3,5-11,13,20H,1,4,12,14H2,2H3,(H,21,22). The van der Waals surface area contributed by atoms with Gasteiger partial charge in [-0.3, -0.25) is 4.79 Å². The highest BCUT2D eigenvalue weighted by atomic mass is 16.5. The Labute approximate surface area is 142 Å². The third-order valence-corrected chi connectivity index (χ3v) is 3.10. The van der Waals surface area contributed by atoms with Crippen molar-refractivity contribution in [2.75, 3.05) is 30.4 Å². The molecule has 2 aromatic rings. The highest BCUT2D eigenvalue weighted by molar-refractivity contribution is 5.93.